The van der Waals surface area contributed by atoms with Gasteiger partial charge in [0.2, 0.25) is 0 Å². The lowest BCUT2D eigenvalue weighted by molar-refractivity contribution is -0.0324. The van der Waals surface area contributed by atoms with Crippen molar-refractivity contribution in [3.8, 4) is 22.8 Å². The number of aromatic nitrogens is 6. The molecule has 0 fully saturated rings. The van der Waals surface area contributed by atoms with Crippen LogP contribution in [0.3, 0.4) is 0 Å². The quantitative estimate of drug-likeness (QED) is 0.252. The molecule has 1 aromatic carbocycles. The molecule has 41 heavy (non-hydrogen) atoms. The highest BCUT2D eigenvalue weighted by molar-refractivity contribution is 7.91. The van der Waals surface area contributed by atoms with E-state index in [1.165, 1.54) is 6.92 Å². The molecule has 0 spiro atoms. The van der Waals surface area contributed by atoms with Crippen molar-refractivity contribution in [3.05, 3.63) is 77.4 Å². The first kappa shape index (κ1) is 30.2. The van der Waals surface area contributed by atoms with E-state index in [0.717, 1.165) is 16.7 Å². The first-order chi connectivity index (χ1) is 19.6. The fraction of sp³-hybridized carbons (Fsp3) is 0.393. The number of aliphatic hydroxyl groups is 2. The van der Waals surface area contributed by atoms with Crippen LogP contribution >= 0.6 is 0 Å². The Labute approximate surface area is 239 Å². The van der Waals surface area contributed by atoms with E-state index in [1.54, 1.807) is 42.5 Å². The molecule has 12 nitrogen and oxygen atoms in total. The normalized spacial score (nSPS) is 14.0. The monoisotopic (exact) mass is 582 g/mol. The van der Waals surface area contributed by atoms with Crippen molar-refractivity contribution in [1.82, 2.24) is 29.7 Å². The number of nitrogens with zero attached hydrogens (tertiary/aromatic N) is 6. The zero-order valence-corrected chi connectivity index (χ0v) is 24.4. The summed E-state index contributed by atoms with van der Waals surface area (Å²) in [6.07, 6.45) is 4.16. The van der Waals surface area contributed by atoms with E-state index < -0.39 is 39.7 Å². The van der Waals surface area contributed by atoms with Crippen molar-refractivity contribution < 1.29 is 28.1 Å². The minimum absolute atomic E-state index is 0.144. The lowest BCUT2D eigenvalue weighted by Crippen LogP contribution is -2.33. The van der Waals surface area contributed by atoms with E-state index in [0.29, 0.717) is 22.8 Å². The Kier molecular flexibility index (Phi) is 9.43. The molecule has 0 amide bonds. The number of rotatable bonds is 12. The summed E-state index contributed by atoms with van der Waals surface area (Å²) >= 11 is 0. The van der Waals surface area contributed by atoms with Crippen LogP contribution in [0.4, 0.5) is 0 Å². The lowest BCUT2D eigenvalue weighted by atomic mass is 10.1. The highest BCUT2D eigenvalue weighted by atomic mass is 32.2. The third-order valence-corrected chi connectivity index (χ3v) is 8.61. The zero-order chi connectivity index (χ0) is 29.7. The highest BCUT2D eigenvalue weighted by Gasteiger charge is 2.36. The van der Waals surface area contributed by atoms with Gasteiger partial charge in [0.05, 0.1) is 31.3 Å². The SMILES string of the molecule is COc1cccc(C)c1-n1c(CS(=O)(=O)[C@H](C)[C@H](OC[C@H](O)CO)c2ncc(C)cn2)nnc1-c1cncc(C)c1. The molecule has 13 heteroatoms. The Morgan fingerprint density at radius 3 is 2.41 bits per heavy atom. The van der Waals surface area contributed by atoms with Crippen LogP contribution in [0.5, 0.6) is 5.75 Å². The van der Waals surface area contributed by atoms with Crippen LogP contribution < -0.4 is 4.74 Å². The summed E-state index contributed by atoms with van der Waals surface area (Å²) in [7, 11) is -2.45. The highest BCUT2D eigenvalue weighted by Crippen LogP contribution is 2.33. The predicted molar refractivity (Wildman–Crippen MR) is 151 cm³/mol. The van der Waals surface area contributed by atoms with E-state index >= 15 is 0 Å². The summed E-state index contributed by atoms with van der Waals surface area (Å²) in [6.45, 7) is 6.25. The number of aryl methyl sites for hydroxylation is 3. The Bertz CT molecular complexity index is 1590. The molecule has 0 unspecified atom stereocenters. The molecule has 4 rings (SSSR count). The van der Waals surface area contributed by atoms with Crippen LogP contribution in [0.25, 0.3) is 17.1 Å². The van der Waals surface area contributed by atoms with Crippen LogP contribution in [-0.2, 0) is 20.3 Å². The second-order valence-electron chi connectivity index (χ2n) is 9.87. The average molecular weight is 583 g/mol. The van der Waals surface area contributed by atoms with Crippen molar-refractivity contribution in [2.45, 2.75) is 50.9 Å². The zero-order valence-electron chi connectivity index (χ0n) is 23.6. The van der Waals surface area contributed by atoms with Crippen LogP contribution in [0.15, 0.2) is 49.1 Å². The minimum atomic E-state index is -3.99. The summed E-state index contributed by atoms with van der Waals surface area (Å²) < 4.78 is 41.0. The smallest absolute Gasteiger partial charge is 0.170 e. The van der Waals surface area contributed by atoms with Gasteiger partial charge in [-0.1, -0.05) is 12.1 Å². The number of methoxy groups -OCH3 is 1. The molecule has 4 aromatic rings. The van der Waals surface area contributed by atoms with Gasteiger partial charge in [-0.15, -0.1) is 10.2 Å². The fourth-order valence-corrected chi connectivity index (χ4v) is 5.72. The first-order valence-corrected chi connectivity index (χ1v) is 14.7. The number of para-hydroxylation sites is 1. The van der Waals surface area contributed by atoms with Gasteiger partial charge < -0.3 is 19.7 Å². The van der Waals surface area contributed by atoms with Gasteiger partial charge in [-0.2, -0.15) is 0 Å². The molecule has 0 aliphatic rings. The number of hydrogen-bond donors (Lipinski definition) is 2. The minimum Gasteiger partial charge on any atom is -0.495 e. The summed E-state index contributed by atoms with van der Waals surface area (Å²) in [4.78, 5) is 12.8. The van der Waals surface area contributed by atoms with E-state index in [4.69, 9.17) is 9.47 Å². The Morgan fingerprint density at radius 1 is 1.02 bits per heavy atom. The van der Waals surface area contributed by atoms with Crippen LogP contribution in [0.1, 0.15) is 41.4 Å². The van der Waals surface area contributed by atoms with E-state index in [-0.39, 0.29) is 18.3 Å². The Morgan fingerprint density at radius 2 is 1.76 bits per heavy atom. The van der Waals surface area contributed by atoms with Crippen LogP contribution in [-0.4, -0.2) is 80.0 Å². The maximum Gasteiger partial charge on any atom is 0.170 e. The molecule has 0 saturated carbocycles. The number of sulfone groups is 1. The second kappa shape index (κ2) is 12.8. The van der Waals surface area contributed by atoms with Gasteiger partial charge in [0.15, 0.2) is 27.3 Å². The van der Waals surface area contributed by atoms with E-state index in [1.807, 2.05) is 39.0 Å². The standard InChI is InChI=1S/C28H34N6O6S/c1-17-9-21(13-29-10-17)28-33-32-24(34(28)25-19(3)7-6-8-23(25)39-5)16-41(37,38)20(4)26(40-15-22(36)14-35)27-30-11-18(2)12-31-27/h6-13,20,22,26,35-36H,14-16H2,1-5H3/t20-,22-,26+/m1/s1. The molecule has 0 aliphatic carbocycles. The molecule has 0 radical (unpaired) electrons. The maximum atomic E-state index is 13.9. The number of ether oxygens (including phenoxy) is 2. The largest absolute Gasteiger partial charge is 0.495 e. The van der Waals surface area contributed by atoms with Gasteiger partial charge in [-0.3, -0.25) is 9.55 Å². The summed E-state index contributed by atoms with van der Waals surface area (Å²) in [6, 6.07) is 7.41. The van der Waals surface area contributed by atoms with Crippen LogP contribution in [0.2, 0.25) is 0 Å². The molecule has 3 atom stereocenters. The molecule has 2 N–H and O–H groups in total. The van der Waals surface area contributed by atoms with Gasteiger partial charge in [-0.05, 0) is 56.5 Å². The average Bonchev–Trinajstić information content (AvgIpc) is 3.35. The van der Waals surface area contributed by atoms with Gasteiger partial charge in [0.1, 0.15) is 23.7 Å². The van der Waals surface area contributed by atoms with Gasteiger partial charge in [0.25, 0.3) is 0 Å². The van der Waals surface area contributed by atoms with Gasteiger partial charge in [0, 0.05) is 30.4 Å². The van der Waals surface area contributed by atoms with E-state index in [9.17, 15) is 18.6 Å². The molecule has 0 aliphatic heterocycles. The summed E-state index contributed by atoms with van der Waals surface area (Å²) in [5.41, 5.74) is 3.78. The topological polar surface area (TPSA) is 162 Å². The van der Waals surface area contributed by atoms with E-state index in [2.05, 4.69) is 25.1 Å². The summed E-state index contributed by atoms with van der Waals surface area (Å²) in [5.74, 6) is 0.745. The van der Waals surface area contributed by atoms with Gasteiger partial charge >= 0.3 is 0 Å². The number of aliphatic hydroxyl groups excluding tert-OH is 2. The molecule has 3 heterocycles. The maximum absolute atomic E-state index is 13.9. The Hall–Kier alpha value is -3.78. The molecule has 0 bridgehead atoms. The summed E-state index contributed by atoms with van der Waals surface area (Å²) in [5, 5.41) is 26.7. The van der Waals surface area contributed by atoms with Crippen molar-refractivity contribution in [2.24, 2.45) is 0 Å². The molecule has 218 valence electrons. The predicted octanol–water partition coefficient (Wildman–Crippen LogP) is 2.47. The van der Waals surface area contributed by atoms with Crippen molar-refractivity contribution >= 4 is 9.84 Å². The number of pyridine rings is 1. The number of benzene rings is 1. The third-order valence-electron chi connectivity index (χ3n) is 6.56. The third kappa shape index (κ3) is 6.76. The lowest BCUT2D eigenvalue weighted by Gasteiger charge is -2.24. The van der Waals surface area contributed by atoms with Crippen molar-refractivity contribution in [3.63, 3.8) is 0 Å². The molecule has 0 saturated heterocycles. The molecular formula is C28H34N6O6S. The second-order valence-corrected chi connectivity index (χ2v) is 12.2. The van der Waals surface area contributed by atoms with Crippen LogP contribution in [0, 0.1) is 20.8 Å². The Balaban J connectivity index is 1.80. The molecular weight excluding hydrogens is 548 g/mol. The van der Waals surface area contributed by atoms with Crippen molar-refractivity contribution in [1.29, 1.82) is 0 Å². The van der Waals surface area contributed by atoms with Crippen molar-refractivity contribution in [2.75, 3.05) is 20.3 Å². The number of hydrogen-bond acceptors (Lipinski definition) is 11. The first-order valence-electron chi connectivity index (χ1n) is 13.0. The fourth-order valence-electron chi connectivity index (χ4n) is 4.33. The molecule has 3 aromatic heterocycles. The van der Waals surface area contributed by atoms with Gasteiger partial charge in [-0.25, -0.2) is 18.4 Å².